The molecule has 4 N–H and O–H groups in total. The molecular formula is C19H20BrN3O7S. The highest BCUT2D eigenvalue weighted by atomic mass is 79.9. The number of carbonyl (C=O) groups is 3. The molecule has 0 aliphatic rings. The summed E-state index contributed by atoms with van der Waals surface area (Å²) in [4.78, 5) is 35.6. The normalized spacial score (nSPS) is 11.8. The molecule has 1 unspecified atom stereocenters. The Kier molecular flexibility index (Phi) is 8.97. The fourth-order valence-corrected chi connectivity index (χ4v) is 4.07. The van der Waals surface area contributed by atoms with Crippen LogP contribution in [0.25, 0.3) is 0 Å². The quantitative estimate of drug-likeness (QED) is 0.289. The molecular weight excluding hydrogens is 494 g/mol. The van der Waals surface area contributed by atoms with Crippen LogP contribution in [0.15, 0.2) is 64.0 Å². The highest BCUT2D eigenvalue weighted by Gasteiger charge is 2.28. The number of rotatable bonds is 9. The van der Waals surface area contributed by atoms with Crippen LogP contribution in [0.1, 0.15) is 5.56 Å². The molecule has 3 amide bonds. The maximum Gasteiger partial charge on any atom is 0.407 e. The summed E-state index contributed by atoms with van der Waals surface area (Å²) in [6, 6.07) is 13.0. The molecule has 0 saturated carbocycles. The van der Waals surface area contributed by atoms with Crippen LogP contribution in [0.2, 0.25) is 0 Å². The highest BCUT2D eigenvalue weighted by molar-refractivity contribution is 9.10. The van der Waals surface area contributed by atoms with Gasteiger partial charge in [-0.15, -0.1) is 0 Å². The van der Waals surface area contributed by atoms with Crippen LogP contribution in [0.4, 0.5) is 4.79 Å². The van der Waals surface area contributed by atoms with E-state index in [4.69, 9.17) is 9.94 Å². The molecule has 0 bridgehead atoms. The average molecular weight is 514 g/mol. The largest absolute Gasteiger partial charge is 0.445 e. The SMILES string of the molecule is O=C(CNC(=O)OCc1ccccc1)NC(CS(=O)(=O)c1ccc(Br)cc1)C(=O)NO. The molecule has 0 aliphatic heterocycles. The summed E-state index contributed by atoms with van der Waals surface area (Å²) in [5, 5.41) is 13.2. The number of halogens is 1. The summed E-state index contributed by atoms with van der Waals surface area (Å²) in [6.07, 6.45) is -0.871. The first kappa shape index (κ1) is 24.3. The number of benzene rings is 2. The summed E-state index contributed by atoms with van der Waals surface area (Å²) >= 11 is 3.19. The van der Waals surface area contributed by atoms with Crippen molar-refractivity contribution in [3.05, 3.63) is 64.6 Å². The van der Waals surface area contributed by atoms with E-state index in [0.29, 0.717) is 4.47 Å². The number of amides is 3. The fraction of sp³-hybridized carbons (Fsp3) is 0.211. The molecule has 0 aromatic heterocycles. The van der Waals surface area contributed by atoms with Crippen molar-refractivity contribution in [2.75, 3.05) is 12.3 Å². The van der Waals surface area contributed by atoms with Crippen LogP contribution in [0, 0.1) is 0 Å². The third-order valence-corrected chi connectivity index (χ3v) is 6.22. The number of ether oxygens (including phenoxy) is 1. The van der Waals surface area contributed by atoms with E-state index in [0.717, 1.165) is 5.56 Å². The number of hydrogen-bond acceptors (Lipinski definition) is 7. The number of sulfone groups is 1. The lowest BCUT2D eigenvalue weighted by atomic mass is 10.2. The molecule has 0 saturated heterocycles. The van der Waals surface area contributed by atoms with Gasteiger partial charge in [0.05, 0.1) is 10.6 Å². The Morgan fingerprint density at radius 3 is 2.29 bits per heavy atom. The van der Waals surface area contributed by atoms with E-state index in [1.807, 2.05) is 6.07 Å². The second kappa shape index (κ2) is 11.4. The minimum Gasteiger partial charge on any atom is -0.445 e. The van der Waals surface area contributed by atoms with Gasteiger partial charge < -0.3 is 15.4 Å². The van der Waals surface area contributed by atoms with Crippen LogP contribution in [0.3, 0.4) is 0 Å². The molecule has 0 fully saturated rings. The lowest BCUT2D eigenvalue weighted by molar-refractivity contribution is -0.133. The Bertz CT molecular complexity index is 1010. The van der Waals surface area contributed by atoms with Crippen LogP contribution >= 0.6 is 15.9 Å². The van der Waals surface area contributed by atoms with Gasteiger partial charge >= 0.3 is 6.09 Å². The summed E-state index contributed by atoms with van der Waals surface area (Å²) in [5.41, 5.74) is 2.07. The Balaban J connectivity index is 1.91. The van der Waals surface area contributed by atoms with Crippen molar-refractivity contribution < 1.29 is 32.7 Å². The molecule has 2 aromatic rings. The highest BCUT2D eigenvalue weighted by Crippen LogP contribution is 2.16. The van der Waals surface area contributed by atoms with Gasteiger partial charge in [-0.1, -0.05) is 46.3 Å². The Morgan fingerprint density at radius 1 is 1.03 bits per heavy atom. The van der Waals surface area contributed by atoms with Gasteiger partial charge in [0.1, 0.15) is 19.2 Å². The van der Waals surface area contributed by atoms with Crippen LogP contribution in [0.5, 0.6) is 0 Å². The van der Waals surface area contributed by atoms with Gasteiger partial charge in [0, 0.05) is 4.47 Å². The Morgan fingerprint density at radius 2 is 1.68 bits per heavy atom. The zero-order valence-electron chi connectivity index (χ0n) is 16.1. The van der Waals surface area contributed by atoms with Gasteiger partial charge in [-0.2, -0.15) is 0 Å². The van der Waals surface area contributed by atoms with Crippen molar-refractivity contribution in [2.24, 2.45) is 0 Å². The third-order valence-electron chi connectivity index (χ3n) is 3.93. The predicted molar refractivity (Wildman–Crippen MR) is 113 cm³/mol. The summed E-state index contributed by atoms with van der Waals surface area (Å²) in [6.45, 7) is -0.573. The molecule has 0 heterocycles. The van der Waals surface area contributed by atoms with Gasteiger partial charge in [-0.05, 0) is 29.8 Å². The lowest BCUT2D eigenvalue weighted by Crippen LogP contribution is -2.52. The molecule has 10 nitrogen and oxygen atoms in total. The smallest absolute Gasteiger partial charge is 0.407 e. The molecule has 166 valence electrons. The fourth-order valence-electron chi connectivity index (χ4n) is 2.39. The van der Waals surface area contributed by atoms with Crippen molar-refractivity contribution in [3.63, 3.8) is 0 Å². The van der Waals surface area contributed by atoms with Gasteiger partial charge in [-0.3, -0.25) is 14.8 Å². The van der Waals surface area contributed by atoms with Gasteiger partial charge in [-0.25, -0.2) is 18.7 Å². The summed E-state index contributed by atoms with van der Waals surface area (Å²) in [7, 11) is -3.97. The zero-order chi connectivity index (χ0) is 22.9. The molecule has 31 heavy (non-hydrogen) atoms. The molecule has 2 aromatic carbocycles. The second-order valence-electron chi connectivity index (χ2n) is 6.25. The van der Waals surface area contributed by atoms with E-state index in [2.05, 4.69) is 26.6 Å². The van der Waals surface area contributed by atoms with Crippen molar-refractivity contribution in [2.45, 2.75) is 17.5 Å². The third kappa shape index (κ3) is 8.00. The monoisotopic (exact) mass is 513 g/mol. The molecule has 0 spiro atoms. The van der Waals surface area contributed by atoms with E-state index < -0.39 is 46.1 Å². The predicted octanol–water partition coefficient (Wildman–Crippen LogP) is 1.14. The number of hydrogen-bond donors (Lipinski definition) is 4. The Hall–Kier alpha value is -2.96. The molecule has 1 atom stereocenters. The number of nitrogens with one attached hydrogen (secondary N) is 3. The topological polar surface area (TPSA) is 151 Å². The zero-order valence-corrected chi connectivity index (χ0v) is 18.5. The lowest BCUT2D eigenvalue weighted by Gasteiger charge is -2.17. The van der Waals surface area contributed by atoms with Crippen molar-refractivity contribution in [1.82, 2.24) is 16.1 Å². The van der Waals surface area contributed by atoms with Crippen molar-refractivity contribution in [1.29, 1.82) is 0 Å². The summed E-state index contributed by atoms with van der Waals surface area (Å²) in [5.74, 6) is -2.78. The van der Waals surface area contributed by atoms with Gasteiger partial charge in [0.15, 0.2) is 9.84 Å². The minimum absolute atomic E-state index is 0.00469. The van der Waals surface area contributed by atoms with Gasteiger partial charge in [0.2, 0.25) is 5.91 Å². The van der Waals surface area contributed by atoms with Crippen LogP contribution < -0.4 is 16.1 Å². The van der Waals surface area contributed by atoms with E-state index in [1.165, 1.54) is 29.7 Å². The maximum absolute atomic E-state index is 12.5. The van der Waals surface area contributed by atoms with Gasteiger partial charge in [0.25, 0.3) is 5.91 Å². The molecule has 2 rings (SSSR count). The standard InChI is InChI=1S/C19H20BrN3O7S/c20-14-6-8-15(9-7-14)31(28,29)12-16(18(25)23-27)22-17(24)10-21-19(26)30-11-13-4-2-1-3-5-13/h1-9,16,27H,10-12H2,(H,21,26)(H,22,24)(H,23,25). The van der Waals surface area contributed by atoms with E-state index >= 15 is 0 Å². The summed E-state index contributed by atoms with van der Waals surface area (Å²) < 4.78 is 30.7. The molecule has 0 radical (unpaired) electrons. The van der Waals surface area contributed by atoms with E-state index in [9.17, 15) is 22.8 Å². The second-order valence-corrected chi connectivity index (χ2v) is 9.20. The molecule has 0 aliphatic carbocycles. The first-order chi connectivity index (χ1) is 14.7. The van der Waals surface area contributed by atoms with Crippen molar-refractivity contribution in [3.8, 4) is 0 Å². The van der Waals surface area contributed by atoms with E-state index in [1.54, 1.807) is 24.3 Å². The first-order valence-electron chi connectivity index (χ1n) is 8.87. The number of alkyl carbamates (subject to hydrolysis) is 1. The van der Waals surface area contributed by atoms with E-state index in [-0.39, 0.29) is 11.5 Å². The number of carbonyl (C=O) groups excluding carboxylic acids is 3. The Labute approximate surface area is 187 Å². The number of hydroxylamine groups is 1. The van der Waals surface area contributed by atoms with Crippen LogP contribution in [-0.4, -0.2) is 49.9 Å². The van der Waals surface area contributed by atoms with Crippen molar-refractivity contribution >= 4 is 43.7 Å². The minimum atomic E-state index is -3.97. The maximum atomic E-state index is 12.5. The van der Waals surface area contributed by atoms with Crippen LogP contribution in [-0.2, 0) is 30.8 Å². The first-order valence-corrected chi connectivity index (χ1v) is 11.3. The average Bonchev–Trinajstić information content (AvgIpc) is 2.76. The molecule has 12 heteroatoms.